The normalized spacial score (nSPS) is 10.4. The fourth-order valence-electron chi connectivity index (χ4n) is 1.59. The van der Waals surface area contributed by atoms with Crippen molar-refractivity contribution in [2.24, 2.45) is 0 Å². The highest BCUT2D eigenvalue weighted by Gasteiger charge is 2.05. The molecule has 0 atom stereocenters. The monoisotopic (exact) mass is 278 g/mol. The van der Waals surface area contributed by atoms with Crippen LogP contribution in [0.3, 0.4) is 0 Å². The number of aromatic nitrogens is 2. The van der Waals surface area contributed by atoms with Crippen LogP contribution in [0.2, 0.25) is 0 Å². The average molecular weight is 279 g/mol. The predicted molar refractivity (Wildman–Crippen MR) is 66.0 cm³/mol. The summed E-state index contributed by atoms with van der Waals surface area (Å²) in [6, 6.07) is 5.63. The molecule has 0 radical (unpaired) electrons. The number of hydrogen-bond donors (Lipinski definition) is 0. The van der Waals surface area contributed by atoms with Gasteiger partial charge in [0.25, 0.3) is 0 Å². The Morgan fingerprint density at radius 1 is 1.50 bits per heavy atom. The molecule has 1 aromatic heterocycles. The standard InChI is InChI=1S/C12H11BrN2O/c1-2-12-14-5-6-15(12)10-4-3-9(8-16)11(13)7-10/h3-8H,2H2,1H3. The maximum absolute atomic E-state index is 10.7. The van der Waals surface area contributed by atoms with Gasteiger partial charge < -0.3 is 4.57 Å². The molecule has 0 N–H and O–H groups in total. The van der Waals surface area contributed by atoms with E-state index in [9.17, 15) is 4.79 Å². The summed E-state index contributed by atoms with van der Waals surface area (Å²) in [6.45, 7) is 2.06. The Morgan fingerprint density at radius 2 is 2.31 bits per heavy atom. The van der Waals surface area contributed by atoms with Crippen LogP contribution in [0, 0.1) is 0 Å². The summed E-state index contributed by atoms with van der Waals surface area (Å²) in [5.74, 6) is 1.01. The van der Waals surface area contributed by atoms with Gasteiger partial charge in [0.2, 0.25) is 0 Å². The van der Waals surface area contributed by atoms with E-state index in [4.69, 9.17) is 0 Å². The van der Waals surface area contributed by atoms with Gasteiger partial charge >= 0.3 is 0 Å². The Labute approximate surface area is 102 Å². The Balaban J connectivity index is 2.49. The van der Waals surface area contributed by atoms with Crippen LogP contribution < -0.4 is 0 Å². The van der Waals surface area contributed by atoms with Gasteiger partial charge in [0.05, 0.1) is 0 Å². The van der Waals surface area contributed by atoms with Crippen molar-refractivity contribution in [2.75, 3.05) is 0 Å². The molecule has 1 aromatic carbocycles. The first-order valence-corrected chi connectivity index (χ1v) is 5.83. The van der Waals surface area contributed by atoms with Gasteiger partial charge in [0, 0.05) is 34.5 Å². The first-order valence-electron chi connectivity index (χ1n) is 5.03. The van der Waals surface area contributed by atoms with E-state index < -0.39 is 0 Å². The third-order valence-corrected chi connectivity index (χ3v) is 3.11. The first kappa shape index (κ1) is 11.1. The van der Waals surface area contributed by atoms with Crippen molar-refractivity contribution in [3.8, 4) is 5.69 Å². The van der Waals surface area contributed by atoms with Gasteiger partial charge in [-0.25, -0.2) is 4.98 Å². The summed E-state index contributed by atoms with van der Waals surface area (Å²) in [5, 5.41) is 0. The number of aldehydes is 1. The zero-order valence-corrected chi connectivity index (χ0v) is 10.4. The number of carbonyl (C=O) groups excluding carboxylic acids is 1. The second-order valence-corrected chi connectivity index (χ2v) is 4.25. The molecule has 2 rings (SSSR count). The molecule has 0 unspecified atom stereocenters. The molecule has 0 aliphatic carbocycles. The summed E-state index contributed by atoms with van der Waals surface area (Å²) in [5.41, 5.74) is 1.66. The van der Waals surface area contributed by atoms with Crippen molar-refractivity contribution in [1.29, 1.82) is 0 Å². The fourth-order valence-corrected chi connectivity index (χ4v) is 2.05. The smallest absolute Gasteiger partial charge is 0.151 e. The molecular weight excluding hydrogens is 268 g/mol. The molecule has 0 saturated carbocycles. The second kappa shape index (κ2) is 4.61. The molecule has 1 heterocycles. The topological polar surface area (TPSA) is 34.9 Å². The lowest BCUT2D eigenvalue weighted by atomic mass is 10.2. The van der Waals surface area contributed by atoms with Crippen LogP contribution in [0.5, 0.6) is 0 Å². The molecule has 0 saturated heterocycles. The number of benzene rings is 1. The minimum atomic E-state index is 0.655. The third-order valence-electron chi connectivity index (χ3n) is 2.42. The molecule has 0 bridgehead atoms. The number of halogens is 1. The number of aryl methyl sites for hydroxylation is 1. The van der Waals surface area contributed by atoms with Gasteiger partial charge in [-0.15, -0.1) is 0 Å². The summed E-state index contributed by atoms with van der Waals surface area (Å²) < 4.78 is 2.81. The minimum absolute atomic E-state index is 0.655. The van der Waals surface area contributed by atoms with Crippen LogP contribution >= 0.6 is 15.9 Å². The quantitative estimate of drug-likeness (QED) is 0.809. The number of imidazole rings is 1. The average Bonchev–Trinajstić information content (AvgIpc) is 2.77. The number of rotatable bonds is 3. The van der Waals surface area contributed by atoms with E-state index in [1.165, 1.54) is 0 Å². The zero-order valence-electron chi connectivity index (χ0n) is 8.85. The highest BCUT2D eigenvalue weighted by molar-refractivity contribution is 9.10. The Bertz CT molecular complexity index is 519. The van der Waals surface area contributed by atoms with Gasteiger partial charge in [-0.2, -0.15) is 0 Å². The summed E-state index contributed by atoms with van der Waals surface area (Å²) >= 11 is 3.37. The zero-order chi connectivity index (χ0) is 11.5. The lowest BCUT2D eigenvalue weighted by Crippen LogP contribution is -1.99. The predicted octanol–water partition coefficient (Wildman–Crippen LogP) is 3.01. The van der Waals surface area contributed by atoms with Crippen LogP contribution in [0.1, 0.15) is 23.1 Å². The van der Waals surface area contributed by atoms with Crippen LogP contribution in [-0.4, -0.2) is 15.8 Å². The molecule has 0 amide bonds. The summed E-state index contributed by atoms with van der Waals surface area (Å²) in [6.07, 6.45) is 5.41. The number of nitrogens with zero attached hydrogens (tertiary/aromatic N) is 2. The van der Waals surface area contributed by atoms with Crippen molar-refractivity contribution in [1.82, 2.24) is 9.55 Å². The lowest BCUT2D eigenvalue weighted by Gasteiger charge is -2.07. The molecule has 82 valence electrons. The molecule has 0 fully saturated rings. The molecule has 0 aliphatic rings. The van der Waals surface area contributed by atoms with E-state index in [1.54, 1.807) is 12.3 Å². The maximum atomic E-state index is 10.7. The second-order valence-electron chi connectivity index (χ2n) is 3.39. The van der Waals surface area contributed by atoms with E-state index in [1.807, 2.05) is 22.9 Å². The molecule has 3 nitrogen and oxygen atoms in total. The Hall–Kier alpha value is -1.42. The van der Waals surface area contributed by atoms with Crippen molar-refractivity contribution in [3.05, 3.63) is 46.5 Å². The molecule has 4 heteroatoms. The number of carbonyl (C=O) groups is 1. The van der Waals surface area contributed by atoms with Crippen molar-refractivity contribution in [2.45, 2.75) is 13.3 Å². The summed E-state index contributed by atoms with van der Waals surface area (Å²) in [7, 11) is 0. The third kappa shape index (κ3) is 1.93. The molecule has 0 spiro atoms. The van der Waals surface area contributed by atoms with E-state index in [-0.39, 0.29) is 0 Å². The van der Waals surface area contributed by atoms with Crippen LogP contribution in [0.15, 0.2) is 35.1 Å². The Morgan fingerprint density at radius 3 is 2.94 bits per heavy atom. The first-order chi connectivity index (χ1) is 7.76. The van der Waals surface area contributed by atoms with Gasteiger partial charge in [0.1, 0.15) is 5.82 Å². The highest BCUT2D eigenvalue weighted by Crippen LogP contribution is 2.20. The van der Waals surface area contributed by atoms with Crippen LogP contribution in [0.25, 0.3) is 5.69 Å². The van der Waals surface area contributed by atoms with Crippen LogP contribution in [0.4, 0.5) is 0 Å². The van der Waals surface area contributed by atoms with Crippen molar-refractivity contribution < 1.29 is 4.79 Å². The van der Waals surface area contributed by atoms with E-state index in [0.717, 1.165) is 28.7 Å². The van der Waals surface area contributed by atoms with Crippen molar-refractivity contribution in [3.63, 3.8) is 0 Å². The van der Waals surface area contributed by atoms with Gasteiger partial charge in [-0.05, 0) is 34.1 Å². The highest BCUT2D eigenvalue weighted by atomic mass is 79.9. The lowest BCUT2D eigenvalue weighted by molar-refractivity contribution is 0.112. The molecule has 16 heavy (non-hydrogen) atoms. The van der Waals surface area contributed by atoms with E-state index >= 15 is 0 Å². The molecule has 2 aromatic rings. The van der Waals surface area contributed by atoms with Gasteiger partial charge in [0.15, 0.2) is 6.29 Å². The summed E-state index contributed by atoms with van der Waals surface area (Å²) in [4.78, 5) is 15.0. The SMILES string of the molecule is CCc1nccn1-c1ccc(C=O)c(Br)c1. The van der Waals surface area contributed by atoms with Gasteiger partial charge in [-0.1, -0.05) is 6.92 Å². The Kier molecular flexibility index (Phi) is 3.19. The fraction of sp³-hybridized carbons (Fsp3) is 0.167. The van der Waals surface area contributed by atoms with E-state index in [0.29, 0.717) is 5.56 Å². The molecular formula is C12H11BrN2O. The van der Waals surface area contributed by atoms with Gasteiger partial charge in [-0.3, -0.25) is 4.79 Å². The van der Waals surface area contributed by atoms with Crippen molar-refractivity contribution >= 4 is 22.2 Å². The largest absolute Gasteiger partial charge is 0.304 e. The van der Waals surface area contributed by atoms with E-state index in [2.05, 4.69) is 27.8 Å². The number of hydrogen-bond acceptors (Lipinski definition) is 2. The maximum Gasteiger partial charge on any atom is 0.151 e. The van der Waals surface area contributed by atoms with Crippen LogP contribution in [-0.2, 0) is 6.42 Å². The molecule has 0 aliphatic heterocycles. The minimum Gasteiger partial charge on any atom is -0.304 e.